The molecular formula is C32H33FN4O3. The average molecular weight is 541 g/mol. The minimum absolute atomic E-state index is 0.00182. The van der Waals surface area contributed by atoms with Crippen molar-refractivity contribution in [3.63, 3.8) is 0 Å². The highest BCUT2D eigenvalue weighted by molar-refractivity contribution is 6.02. The fourth-order valence-electron chi connectivity index (χ4n) is 8.97. The molecule has 2 amide bonds. The van der Waals surface area contributed by atoms with Gasteiger partial charge in [0.05, 0.1) is 23.3 Å². The summed E-state index contributed by atoms with van der Waals surface area (Å²) in [5.41, 5.74) is 3.81. The molecule has 206 valence electrons. The van der Waals surface area contributed by atoms with Gasteiger partial charge in [-0.15, -0.1) is 0 Å². The van der Waals surface area contributed by atoms with Crippen molar-refractivity contribution in [2.75, 3.05) is 0 Å². The highest BCUT2D eigenvalue weighted by atomic mass is 19.1. The molecule has 4 aliphatic rings. The quantitative estimate of drug-likeness (QED) is 0.412. The molecule has 3 aromatic rings. The first kappa shape index (κ1) is 25.2. The van der Waals surface area contributed by atoms with Crippen molar-refractivity contribution in [1.29, 1.82) is 0 Å². The Bertz CT molecular complexity index is 1680. The van der Waals surface area contributed by atoms with Crippen molar-refractivity contribution < 1.29 is 18.8 Å². The lowest BCUT2D eigenvalue weighted by molar-refractivity contribution is -0.121. The Morgan fingerprint density at radius 3 is 2.67 bits per heavy atom. The Labute approximate surface area is 232 Å². The zero-order chi connectivity index (χ0) is 28.2. The van der Waals surface area contributed by atoms with Crippen molar-refractivity contribution in [1.82, 2.24) is 20.8 Å². The number of aromatic nitrogens is 2. The molecule has 8 heteroatoms. The van der Waals surface area contributed by atoms with E-state index in [1.54, 1.807) is 19.2 Å². The number of hydrogen-bond acceptors (Lipinski definition) is 4. The normalized spacial score (nSPS) is 33.8. The second-order valence-corrected chi connectivity index (χ2v) is 12.9. The number of H-pyrrole nitrogens is 1. The summed E-state index contributed by atoms with van der Waals surface area (Å²) in [6.07, 6.45) is 4.08. The number of fused-ring (bicyclic) bond motifs is 2. The highest BCUT2D eigenvalue weighted by Gasteiger charge is 2.93. The molecule has 3 aliphatic carbocycles. The second kappa shape index (κ2) is 8.12. The summed E-state index contributed by atoms with van der Waals surface area (Å²) in [5.74, 6) is -0.816. The minimum atomic E-state index is -0.763. The SMILES string of the molecule is CC1=C(C(=O)Cc2ccc3[nH]ncc3c2)C(c2ccc(F)c(C(=O)NC3CC4CC5(C)C4(C)C35C)c2)NC(=O)C1. The zero-order valence-corrected chi connectivity index (χ0v) is 23.2. The highest BCUT2D eigenvalue weighted by Crippen LogP contribution is 2.96. The molecule has 1 aromatic heterocycles. The summed E-state index contributed by atoms with van der Waals surface area (Å²) >= 11 is 0. The van der Waals surface area contributed by atoms with Gasteiger partial charge in [-0.05, 0) is 77.3 Å². The molecule has 40 heavy (non-hydrogen) atoms. The Kier molecular flexibility index (Phi) is 5.11. The van der Waals surface area contributed by atoms with Gasteiger partial charge in [0.25, 0.3) is 5.91 Å². The van der Waals surface area contributed by atoms with Gasteiger partial charge < -0.3 is 10.6 Å². The van der Waals surface area contributed by atoms with E-state index in [1.165, 1.54) is 18.6 Å². The Balaban J connectivity index is 1.16. The van der Waals surface area contributed by atoms with Gasteiger partial charge >= 0.3 is 0 Å². The monoisotopic (exact) mass is 540 g/mol. The number of amides is 2. The maximum atomic E-state index is 15.1. The van der Waals surface area contributed by atoms with Gasteiger partial charge in [0.1, 0.15) is 5.82 Å². The molecular weight excluding hydrogens is 507 g/mol. The van der Waals surface area contributed by atoms with E-state index in [9.17, 15) is 14.4 Å². The molecule has 3 saturated carbocycles. The van der Waals surface area contributed by atoms with E-state index in [1.807, 2.05) is 18.2 Å². The topological polar surface area (TPSA) is 104 Å². The maximum Gasteiger partial charge on any atom is 0.254 e. The first-order valence-corrected chi connectivity index (χ1v) is 14.0. The number of Topliss-reactive ketones (excluding diaryl/α,β-unsaturated/α-hetero) is 1. The third-order valence-corrected chi connectivity index (χ3v) is 11.5. The van der Waals surface area contributed by atoms with Crippen LogP contribution in [0.2, 0.25) is 0 Å². The number of aromatic amines is 1. The summed E-state index contributed by atoms with van der Waals surface area (Å²) < 4.78 is 15.1. The smallest absolute Gasteiger partial charge is 0.254 e. The van der Waals surface area contributed by atoms with Crippen LogP contribution in [0.5, 0.6) is 0 Å². The first-order chi connectivity index (χ1) is 19.0. The van der Waals surface area contributed by atoms with Crippen LogP contribution in [0.1, 0.15) is 74.5 Å². The number of rotatable bonds is 6. The van der Waals surface area contributed by atoms with Gasteiger partial charge in [0, 0.05) is 29.8 Å². The lowest BCUT2D eigenvalue weighted by atomic mass is 9.64. The molecule has 0 bridgehead atoms. The third kappa shape index (κ3) is 3.10. The summed E-state index contributed by atoms with van der Waals surface area (Å²) in [5, 5.41) is 13.9. The van der Waals surface area contributed by atoms with E-state index < -0.39 is 17.8 Å². The van der Waals surface area contributed by atoms with E-state index in [-0.39, 0.29) is 52.4 Å². The van der Waals surface area contributed by atoms with Crippen molar-refractivity contribution in [2.45, 2.75) is 65.5 Å². The van der Waals surface area contributed by atoms with Gasteiger partial charge in [-0.25, -0.2) is 4.39 Å². The van der Waals surface area contributed by atoms with Crippen LogP contribution in [0.15, 0.2) is 53.7 Å². The van der Waals surface area contributed by atoms with Crippen LogP contribution in [-0.4, -0.2) is 33.8 Å². The molecule has 1 aliphatic heterocycles. The van der Waals surface area contributed by atoms with Gasteiger partial charge in [-0.3, -0.25) is 19.5 Å². The number of carbonyl (C=O) groups is 3. The van der Waals surface area contributed by atoms with Gasteiger partial charge in [0.2, 0.25) is 5.91 Å². The number of benzene rings is 2. The van der Waals surface area contributed by atoms with Crippen LogP contribution in [0, 0.1) is 28.0 Å². The number of nitrogens with one attached hydrogen (secondary N) is 3. The number of halogens is 1. The first-order valence-electron chi connectivity index (χ1n) is 14.0. The summed E-state index contributed by atoms with van der Waals surface area (Å²) in [7, 11) is 0. The van der Waals surface area contributed by atoms with E-state index in [4.69, 9.17) is 0 Å². The van der Waals surface area contributed by atoms with E-state index >= 15 is 4.39 Å². The van der Waals surface area contributed by atoms with Gasteiger partial charge in [-0.2, -0.15) is 5.10 Å². The molecule has 0 radical (unpaired) electrons. The fourth-order valence-corrected chi connectivity index (χ4v) is 8.97. The average Bonchev–Trinajstić information content (AvgIpc) is 3.29. The van der Waals surface area contributed by atoms with E-state index in [0.29, 0.717) is 22.6 Å². The van der Waals surface area contributed by atoms with Gasteiger partial charge in [-0.1, -0.05) is 38.5 Å². The number of nitrogens with zero attached hydrogens (tertiary/aromatic N) is 1. The predicted molar refractivity (Wildman–Crippen MR) is 148 cm³/mol. The van der Waals surface area contributed by atoms with Crippen LogP contribution in [0.4, 0.5) is 4.39 Å². The van der Waals surface area contributed by atoms with Crippen LogP contribution in [0.3, 0.4) is 0 Å². The molecule has 2 heterocycles. The summed E-state index contributed by atoms with van der Waals surface area (Å²) in [4.78, 5) is 39.6. The van der Waals surface area contributed by atoms with Gasteiger partial charge in [0.15, 0.2) is 5.78 Å². The fraction of sp³-hybridized carbons (Fsp3) is 0.438. The standard InChI is InChI=1S/C32H33FN4O3/c1-16-9-26(39)36-28(27(16)24(38)11-17-5-8-23-19(10-17)15-34-37-23)18-6-7-22(33)21(12-18)29(40)35-25-13-20-14-30(2)31(20,3)32(25,30)4/h5-8,10,12,15,20,25,28H,9,11,13-14H2,1-4H3,(H,34,37)(H,35,40)(H,36,39). The molecule has 2 aromatic carbocycles. The van der Waals surface area contributed by atoms with Crippen LogP contribution in [-0.2, 0) is 16.0 Å². The Morgan fingerprint density at radius 1 is 1.12 bits per heavy atom. The number of hydrogen-bond donors (Lipinski definition) is 3. The molecule has 3 N–H and O–H groups in total. The third-order valence-electron chi connectivity index (χ3n) is 11.5. The predicted octanol–water partition coefficient (Wildman–Crippen LogP) is 4.95. The largest absolute Gasteiger partial charge is 0.349 e. The maximum absolute atomic E-state index is 15.1. The molecule has 7 rings (SSSR count). The molecule has 7 nitrogen and oxygen atoms in total. The van der Waals surface area contributed by atoms with Crippen LogP contribution in [0.25, 0.3) is 10.9 Å². The van der Waals surface area contributed by atoms with E-state index in [2.05, 4.69) is 41.6 Å². The van der Waals surface area contributed by atoms with Crippen molar-refractivity contribution in [2.24, 2.45) is 22.2 Å². The molecule has 6 unspecified atom stereocenters. The second-order valence-electron chi connectivity index (χ2n) is 12.9. The lowest BCUT2D eigenvalue weighted by Crippen LogP contribution is -2.45. The van der Waals surface area contributed by atoms with Crippen LogP contribution < -0.4 is 10.6 Å². The molecule has 3 fully saturated rings. The van der Waals surface area contributed by atoms with E-state index in [0.717, 1.165) is 22.9 Å². The molecule has 6 atom stereocenters. The van der Waals surface area contributed by atoms with Crippen LogP contribution >= 0.6 is 0 Å². The number of ketones is 1. The number of carbonyl (C=O) groups excluding carboxylic acids is 3. The Morgan fingerprint density at radius 2 is 1.93 bits per heavy atom. The molecule has 0 spiro atoms. The zero-order valence-electron chi connectivity index (χ0n) is 23.2. The lowest BCUT2D eigenvalue weighted by Gasteiger charge is -2.42. The van der Waals surface area contributed by atoms with Crippen molar-refractivity contribution in [3.8, 4) is 0 Å². The summed E-state index contributed by atoms with van der Waals surface area (Å²) in [6, 6.07) is 9.21. The minimum Gasteiger partial charge on any atom is -0.349 e. The molecule has 0 saturated heterocycles. The van der Waals surface area contributed by atoms with Crippen molar-refractivity contribution >= 4 is 28.5 Å². The Hall–Kier alpha value is -3.81. The van der Waals surface area contributed by atoms with Crippen molar-refractivity contribution in [3.05, 3.63) is 76.2 Å². The summed E-state index contributed by atoms with van der Waals surface area (Å²) in [6.45, 7) is 8.66.